The van der Waals surface area contributed by atoms with E-state index in [1.54, 1.807) is 24.3 Å². The van der Waals surface area contributed by atoms with E-state index < -0.39 is 10.0 Å². The lowest BCUT2D eigenvalue weighted by Crippen LogP contribution is -2.51. The van der Waals surface area contributed by atoms with Crippen molar-refractivity contribution in [1.82, 2.24) is 14.5 Å². The number of carbonyl (C=O) groups excluding carboxylic acids is 1. The lowest BCUT2D eigenvalue weighted by molar-refractivity contribution is -0.122. The Morgan fingerprint density at radius 3 is 2.27 bits per heavy atom. The largest absolute Gasteiger partial charge is 0.355 e. The summed E-state index contributed by atoms with van der Waals surface area (Å²) in [5, 5.41) is 2.75. The highest BCUT2D eigenvalue weighted by Crippen LogP contribution is 2.18. The predicted molar refractivity (Wildman–Crippen MR) is 85.1 cm³/mol. The summed E-state index contributed by atoms with van der Waals surface area (Å²) in [6.45, 7) is 6.71. The third kappa shape index (κ3) is 4.06. The fourth-order valence-electron chi connectivity index (χ4n) is 2.44. The molecule has 1 heterocycles. The minimum Gasteiger partial charge on any atom is -0.355 e. The van der Waals surface area contributed by atoms with Crippen molar-refractivity contribution in [2.75, 3.05) is 39.3 Å². The van der Waals surface area contributed by atoms with E-state index in [1.165, 1.54) is 4.31 Å². The summed E-state index contributed by atoms with van der Waals surface area (Å²) in [7, 11) is -3.43. The van der Waals surface area contributed by atoms with Crippen LogP contribution in [0.3, 0.4) is 0 Å². The molecule has 1 aromatic carbocycles. The molecule has 22 heavy (non-hydrogen) atoms. The van der Waals surface area contributed by atoms with Crippen molar-refractivity contribution in [3.8, 4) is 0 Å². The summed E-state index contributed by atoms with van der Waals surface area (Å²) in [6.07, 6.45) is 0. The second kappa shape index (κ2) is 7.21. The van der Waals surface area contributed by atoms with Gasteiger partial charge in [0.25, 0.3) is 0 Å². The number of sulfonamides is 1. The summed E-state index contributed by atoms with van der Waals surface area (Å²) >= 11 is 0. The predicted octanol–water partition coefficient (Wildman–Crippen LogP) is 0.437. The molecule has 0 radical (unpaired) electrons. The minimum absolute atomic E-state index is 0.0164. The van der Waals surface area contributed by atoms with Crippen LogP contribution in [0.25, 0.3) is 0 Å². The van der Waals surface area contributed by atoms with Gasteiger partial charge in [0, 0.05) is 32.7 Å². The number of carbonyl (C=O) groups is 1. The van der Waals surface area contributed by atoms with E-state index in [0.717, 1.165) is 5.56 Å². The number of likely N-dealkylation sites (N-methyl/N-ethyl adjacent to an activating group) is 1. The van der Waals surface area contributed by atoms with Crippen LogP contribution in [-0.2, 0) is 14.8 Å². The number of aryl methyl sites for hydroxylation is 1. The Morgan fingerprint density at radius 1 is 1.14 bits per heavy atom. The molecule has 1 saturated heterocycles. The molecular formula is C15H23N3O3S. The van der Waals surface area contributed by atoms with Gasteiger partial charge in [-0.05, 0) is 26.0 Å². The van der Waals surface area contributed by atoms with Crippen LogP contribution in [0, 0.1) is 6.92 Å². The van der Waals surface area contributed by atoms with Crippen molar-refractivity contribution in [3.05, 3.63) is 29.8 Å². The molecule has 0 bridgehead atoms. The first-order valence-corrected chi connectivity index (χ1v) is 8.93. The molecule has 0 atom stereocenters. The van der Waals surface area contributed by atoms with E-state index in [9.17, 15) is 13.2 Å². The smallest absolute Gasteiger partial charge is 0.243 e. The first-order valence-electron chi connectivity index (χ1n) is 7.49. The zero-order valence-electron chi connectivity index (χ0n) is 13.1. The standard InChI is InChI=1S/C15H23N3O3S/c1-3-16-15(19)12-17-8-10-18(11-9-17)22(20,21)14-6-4-13(2)5-7-14/h4-7H,3,8-12H2,1-2H3,(H,16,19). The van der Waals surface area contributed by atoms with Gasteiger partial charge in [-0.2, -0.15) is 4.31 Å². The topological polar surface area (TPSA) is 69.7 Å². The number of nitrogens with one attached hydrogen (secondary N) is 1. The number of piperazine rings is 1. The Labute approximate surface area is 132 Å². The molecule has 122 valence electrons. The quantitative estimate of drug-likeness (QED) is 0.853. The number of hydrogen-bond donors (Lipinski definition) is 1. The van der Waals surface area contributed by atoms with E-state index in [0.29, 0.717) is 44.2 Å². The molecule has 6 nitrogen and oxygen atoms in total. The van der Waals surface area contributed by atoms with Gasteiger partial charge in [-0.3, -0.25) is 9.69 Å². The normalized spacial score (nSPS) is 17.4. The summed E-state index contributed by atoms with van der Waals surface area (Å²) in [5.41, 5.74) is 1.03. The van der Waals surface area contributed by atoms with Crippen LogP contribution in [0.4, 0.5) is 0 Å². The van der Waals surface area contributed by atoms with Crippen LogP contribution >= 0.6 is 0 Å². The molecule has 0 aromatic heterocycles. The molecule has 0 spiro atoms. The maximum absolute atomic E-state index is 12.6. The van der Waals surface area contributed by atoms with Gasteiger partial charge in [0.1, 0.15) is 0 Å². The van der Waals surface area contributed by atoms with Gasteiger partial charge in [0.05, 0.1) is 11.4 Å². The van der Waals surface area contributed by atoms with E-state index in [-0.39, 0.29) is 5.91 Å². The van der Waals surface area contributed by atoms with Crippen molar-refractivity contribution < 1.29 is 13.2 Å². The highest BCUT2D eigenvalue weighted by atomic mass is 32.2. The molecule has 2 rings (SSSR count). The zero-order chi connectivity index (χ0) is 16.2. The Bertz CT molecular complexity index is 605. The Hall–Kier alpha value is -1.44. The molecule has 0 saturated carbocycles. The lowest BCUT2D eigenvalue weighted by atomic mass is 10.2. The molecule has 1 N–H and O–H groups in total. The molecule has 0 unspecified atom stereocenters. The Balaban J connectivity index is 1.96. The van der Waals surface area contributed by atoms with Crippen molar-refractivity contribution >= 4 is 15.9 Å². The fraction of sp³-hybridized carbons (Fsp3) is 0.533. The van der Waals surface area contributed by atoms with Gasteiger partial charge in [-0.1, -0.05) is 17.7 Å². The van der Waals surface area contributed by atoms with Crippen LogP contribution in [-0.4, -0.2) is 62.8 Å². The maximum Gasteiger partial charge on any atom is 0.243 e. The van der Waals surface area contributed by atoms with Gasteiger partial charge in [0.2, 0.25) is 15.9 Å². The molecule has 7 heteroatoms. The average molecular weight is 325 g/mol. The molecular weight excluding hydrogens is 302 g/mol. The third-order valence-corrected chi connectivity index (χ3v) is 5.64. The summed E-state index contributed by atoms with van der Waals surface area (Å²) in [5.74, 6) is -0.0164. The monoisotopic (exact) mass is 325 g/mol. The van der Waals surface area contributed by atoms with Crippen LogP contribution in [0.2, 0.25) is 0 Å². The first-order chi connectivity index (χ1) is 10.4. The van der Waals surface area contributed by atoms with E-state index in [4.69, 9.17) is 0 Å². The number of nitrogens with zero attached hydrogens (tertiary/aromatic N) is 2. The van der Waals surface area contributed by atoms with E-state index in [1.807, 2.05) is 18.7 Å². The average Bonchev–Trinajstić information content (AvgIpc) is 2.48. The number of amides is 1. The van der Waals surface area contributed by atoms with Crippen LogP contribution in [0.15, 0.2) is 29.2 Å². The highest BCUT2D eigenvalue weighted by Gasteiger charge is 2.28. The Morgan fingerprint density at radius 2 is 1.73 bits per heavy atom. The molecule has 1 amide bonds. The third-order valence-electron chi connectivity index (χ3n) is 3.73. The second-order valence-corrected chi connectivity index (χ2v) is 7.38. The Kier molecular flexibility index (Phi) is 5.55. The number of benzene rings is 1. The summed E-state index contributed by atoms with van der Waals surface area (Å²) in [6, 6.07) is 6.90. The van der Waals surface area contributed by atoms with Crippen LogP contribution in [0.1, 0.15) is 12.5 Å². The van der Waals surface area contributed by atoms with E-state index >= 15 is 0 Å². The second-order valence-electron chi connectivity index (χ2n) is 5.45. The van der Waals surface area contributed by atoms with Crippen molar-refractivity contribution in [2.24, 2.45) is 0 Å². The fourth-order valence-corrected chi connectivity index (χ4v) is 3.87. The van der Waals surface area contributed by atoms with Crippen LogP contribution in [0.5, 0.6) is 0 Å². The van der Waals surface area contributed by atoms with Gasteiger partial charge >= 0.3 is 0 Å². The SMILES string of the molecule is CCNC(=O)CN1CCN(S(=O)(=O)c2ccc(C)cc2)CC1. The summed E-state index contributed by atoms with van der Waals surface area (Å²) in [4.78, 5) is 13.9. The number of hydrogen-bond acceptors (Lipinski definition) is 4. The number of rotatable bonds is 5. The first kappa shape index (κ1) is 16.9. The van der Waals surface area contributed by atoms with Crippen molar-refractivity contribution in [1.29, 1.82) is 0 Å². The maximum atomic E-state index is 12.6. The van der Waals surface area contributed by atoms with Gasteiger partial charge < -0.3 is 5.32 Å². The van der Waals surface area contributed by atoms with Gasteiger partial charge in [-0.25, -0.2) is 8.42 Å². The molecule has 1 aliphatic rings. The van der Waals surface area contributed by atoms with Gasteiger partial charge in [-0.15, -0.1) is 0 Å². The summed E-state index contributed by atoms with van der Waals surface area (Å²) < 4.78 is 26.6. The molecule has 1 aliphatic heterocycles. The van der Waals surface area contributed by atoms with E-state index in [2.05, 4.69) is 5.32 Å². The molecule has 1 aromatic rings. The van der Waals surface area contributed by atoms with Crippen molar-refractivity contribution in [2.45, 2.75) is 18.7 Å². The molecule has 0 aliphatic carbocycles. The molecule has 1 fully saturated rings. The van der Waals surface area contributed by atoms with Crippen molar-refractivity contribution in [3.63, 3.8) is 0 Å². The lowest BCUT2D eigenvalue weighted by Gasteiger charge is -2.33. The highest BCUT2D eigenvalue weighted by molar-refractivity contribution is 7.89. The minimum atomic E-state index is -3.43. The van der Waals surface area contributed by atoms with Crippen LogP contribution < -0.4 is 5.32 Å². The zero-order valence-corrected chi connectivity index (χ0v) is 13.9. The van der Waals surface area contributed by atoms with Gasteiger partial charge in [0.15, 0.2) is 0 Å².